The van der Waals surface area contributed by atoms with Crippen LogP contribution in [0.2, 0.25) is 0 Å². The Morgan fingerprint density at radius 2 is 1.88 bits per heavy atom. The third-order valence-electron chi connectivity index (χ3n) is 2.63. The van der Waals surface area contributed by atoms with Gasteiger partial charge in [0, 0.05) is 19.5 Å². The van der Waals surface area contributed by atoms with Gasteiger partial charge in [-0.2, -0.15) is 0 Å². The van der Waals surface area contributed by atoms with Crippen molar-refractivity contribution in [2.75, 3.05) is 13.1 Å². The third kappa shape index (κ3) is 8.73. The highest BCUT2D eigenvalue weighted by atomic mass is 16.2. The standard InChI is InChI=1S/C15H27NO/c1-5-7-9-10-15(17)16(12-8-6-2)13-11-14(3)4/h6,8,11H,5,7,9-10,12-13H2,1-4H3/b8-6-. The van der Waals surface area contributed by atoms with E-state index in [1.165, 1.54) is 5.57 Å². The number of allylic oxidation sites excluding steroid dienone is 2. The third-order valence-corrected chi connectivity index (χ3v) is 2.63. The number of unbranched alkanes of at least 4 members (excludes halogenated alkanes) is 2. The van der Waals surface area contributed by atoms with Crippen molar-refractivity contribution in [1.82, 2.24) is 4.90 Å². The smallest absolute Gasteiger partial charge is 0.223 e. The molecule has 0 atom stereocenters. The van der Waals surface area contributed by atoms with Gasteiger partial charge in [-0.05, 0) is 27.2 Å². The van der Waals surface area contributed by atoms with Crippen LogP contribution in [0.15, 0.2) is 23.8 Å². The van der Waals surface area contributed by atoms with E-state index < -0.39 is 0 Å². The molecular weight excluding hydrogens is 210 g/mol. The van der Waals surface area contributed by atoms with Gasteiger partial charge in [-0.25, -0.2) is 0 Å². The fraction of sp³-hybridized carbons (Fsp3) is 0.667. The minimum absolute atomic E-state index is 0.272. The van der Waals surface area contributed by atoms with Gasteiger partial charge in [0.2, 0.25) is 5.91 Å². The molecule has 0 aliphatic heterocycles. The van der Waals surface area contributed by atoms with Crippen molar-refractivity contribution >= 4 is 5.91 Å². The molecule has 0 spiro atoms. The summed E-state index contributed by atoms with van der Waals surface area (Å²) in [5, 5.41) is 0. The molecule has 0 heterocycles. The first-order chi connectivity index (χ1) is 8.11. The van der Waals surface area contributed by atoms with Crippen LogP contribution in [-0.4, -0.2) is 23.9 Å². The van der Waals surface area contributed by atoms with Crippen LogP contribution in [0.25, 0.3) is 0 Å². The molecule has 0 unspecified atom stereocenters. The van der Waals surface area contributed by atoms with E-state index in [1.807, 2.05) is 24.0 Å². The van der Waals surface area contributed by atoms with Crippen LogP contribution in [-0.2, 0) is 4.79 Å². The van der Waals surface area contributed by atoms with Gasteiger partial charge in [0.15, 0.2) is 0 Å². The Balaban J connectivity index is 4.24. The van der Waals surface area contributed by atoms with Gasteiger partial charge in [0.1, 0.15) is 0 Å². The van der Waals surface area contributed by atoms with E-state index in [2.05, 4.69) is 26.8 Å². The molecule has 0 aromatic rings. The lowest BCUT2D eigenvalue weighted by atomic mass is 10.2. The average molecular weight is 237 g/mol. The molecule has 0 N–H and O–H groups in total. The highest BCUT2D eigenvalue weighted by Crippen LogP contribution is 2.04. The van der Waals surface area contributed by atoms with Gasteiger partial charge in [-0.1, -0.05) is 43.6 Å². The summed E-state index contributed by atoms with van der Waals surface area (Å²) in [4.78, 5) is 13.9. The van der Waals surface area contributed by atoms with Crippen molar-refractivity contribution in [3.05, 3.63) is 23.8 Å². The highest BCUT2D eigenvalue weighted by molar-refractivity contribution is 5.76. The van der Waals surface area contributed by atoms with Crippen molar-refractivity contribution in [2.45, 2.75) is 53.4 Å². The second kappa shape index (κ2) is 10.1. The largest absolute Gasteiger partial charge is 0.335 e. The van der Waals surface area contributed by atoms with Gasteiger partial charge >= 0.3 is 0 Å². The molecule has 0 saturated carbocycles. The molecule has 0 bridgehead atoms. The first-order valence-corrected chi connectivity index (χ1v) is 6.64. The lowest BCUT2D eigenvalue weighted by Gasteiger charge is -2.19. The maximum Gasteiger partial charge on any atom is 0.223 e. The topological polar surface area (TPSA) is 20.3 Å². The van der Waals surface area contributed by atoms with Gasteiger partial charge in [-0.3, -0.25) is 4.79 Å². The fourth-order valence-electron chi connectivity index (χ4n) is 1.49. The SMILES string of the molecule is C/C=C\CN(CC=C(C)C)C(=O)CCCCC. The zero-order valence-corrected chi connectivity index (χ0v) is 11.8. The van der Waals surface area contributed by atoms with Crippen molar-refractivity contribution in [2.24, 2.45) is 0 Å². The first-order valence-electron chi connectivity index (χ1n) is 6.64. The summed E-state index contributed by atoms with van der Waals surface area (Å²) in [5.74, 6) is 0.272. The van der Waals surface area contributed by atoms with E-state index in [4.69, 9.17) is 0 Å². The predicted molar refractivity (Wildman–Crippen MR) is 75.0 cm³/mol. The summed E-state index contributed by atoms with van der Waals surface area (Å²) in [6.07, 6.45) is 10.1. The average Bonchev–Trinajstić information content (AvgIpc) is 2.29. The Morgan fingerprint density at radius 1 is 1.18 bits per heavy atom. The molecule has 0 radical (unpaired) electrons. The summed E-state index contributed by atoms with van der Waals surface area (Å²) >= 11 is 0. The van der Waals surface area contributed by atoms with Crippen LogP contribution in [0.1, 0.15) is 53.4 Å². The summed E-state index contributed by atoms with van der Waals surface area (Å²) in [6.45, 7) is 9.74. The number of carbonyl (C=O) groups excluding carboxylic acids is 1. The van der Waals surface area contributed by atoms with Crippen molar-refractivity contribution in [1.29, 1.82) is 0 Å². The Bertz CT molecular complexity index is 262. The van der Waals surface area contributed by atoms with Crippen LogP contribution in [0.5, 0.6) is 0 Å². The Kier molecular flexibility index (Phi) is 9.50. The molecule has 2 heteroatoms. The van der Waals surface area contributed by atoms with E-state index >= 15 is 0 Å². The van der Waals surface area contributed by atoms with E-state index in [0.29, 0.717) is 6.42 Å². The lowest BCUT2D eigenvalue weighted by molar-refractivity contribution is -0.130. The van der Waals surface area contributed by atoms with E-state index in [0.717, 1.165) is 32.4 Å². The molecule has 17 heavy (non-hydrogen) atoms. The maximum absolute atomic E-state index is 12.0. The van der Waals surface area contributed by atoms with Crippen LogP contribution in [0, 0.1) is 0 Å². The van der Waals surface area contributed by atoms with Gasteiger partial charge in [-0.15, -0.1) is 0 Å². The quantitative estimate of drug-likeness (QED) is 0.462. The lowest BCUT2D eigenvalue weighted by Crippen LogP contribution is -2.31. The van der Waals surface area contributed by atoms with Gasteiger partial charge in [0.25, 0.3) is 0 Å². The zero-order chi connectivity index (χ0) is 13.1. The first kappa shape index (κ1) is 16.0. The predicted octanol–water partition coefficient (Wildman–Crippen LogP) is 3.94. The van der Waals surface area contributed by atoms with Gasteiger partial charge < -0.3 is 4.90 Å². The fourth-order valence-corrected chi connectivity index (χ4v) is 1.49. The highest BCUT2D eigenvalue weighted by Gasteiger charge is 2.09. The van der Waals surface area contributed by atoms with Crippen molar-refractivity contribution < 1.29 is 4.79 Å². The van der Waals surface area contributed by atoms with Crippen molar-refractivity contribution in [3.8, 4) is 0 Å². The number of nitrogens with zero attached hydrogens (tertiary/aromatic N) is 1. The molecule has 1 amide bonds. The molecule has 98 valence electrons. The minimum atomic E-state index is 0.272. The monoisotopic (exact) mass is 237 g/mol. The Hall–Kier alpha value is -1.05. The summed E-state index contributed by atoms with van der Waals surface area (Å²) in [7, 11) is 0. The van der Waals surface area contributed by atoms with Crippen LogP contribution >= 0.6 is 0 Å². The van der Waals surface area contributed by atoms with E-state index in [1.54, 1.807) is 0 Å². The van der Waals surface area contributed by atoms with E-state index in [-0.39, 0.29) is 5.91 Å². The molecule has 0 rings (SSSR count). The normalized spacial score (nSPS) is 10.6. The second-order valence-corrected chi connectivity index (χ2v) is 4.61. The number of rotatable bonds is 8. The molecule has 2 nitrogen and oxygen atoms in total. The second-order valence-electron chi connectivity index (χ2n) is 4.61. The van der Waals surface area contributed by atoms with Crippen LogP contribution < -0.4 is 0 Å². The Labute approximate surface area is 106 Å². The number of carbonyl (C=O) groups is 1. The molecular formula is C15H27NO. The zero-order valence-electron chi connectivity index (χ0n) is 11.8. The van der Waals surface area contributed by atoms with Crippen LogP contribution in [0.4, 0.5) is 0 Å². The summed E-state index contributed by atoms with van der Waals surface area (Å²) in [5.41, 5.74) is 1.26. The number of hydrogen-bond acceptors (Lipinski definition) is 1. The molecule has 0 aromatic heterocycles. The van der Waals surface area contributed by atoms with E-state index in [9.17, 15) is 4.79 Å². The maximum atomic E-state index is 12.0. The van der Waals surface area contributed by atoms with Crippen LogP contribution in [0.3, 0.4) is 0 Å². The molecule has 0 saturated heterocycles. The molecule has 0 aliphatic rings. The molecule has 0 fully saturated rings. The molecule has 0 aromatic carbocycles. The molecule has 0 aliphatic carbocycles. The number of hydrogen-bond donors (Lipinski definition) is 0. The number of amides is 1. The van der Waals surface area contributed by atoms with Gasteiger partial charge in [0.05, 0.1) is 0 Å². The minimum Gasteiger partial charge on any atom is -0.335 e. The summed E-state index contributed by atoms with van der Waals surface area (Å²) < 4.78 is 0. The Morgan fingerprint density at radius 3 is 2.41 bits per heavy atom. The summed E-state index contributed by atoms with van der Waals surface area (Å²) in [6, 6.07) is 0. The van der Waals surface area contributed by atoms with Crippen molar-refractivity contribution in [3.63, 3.8) is 0 Å².